The summed E-state index contributed by atoms with van der Waals surface area (Å²) in [7, 11) is 1.95. The van der Waals surface area contributed by atoms with E-state index in [1.807, 2.05) is 11.6 Å². The Kier molecular flexibility index (Phi) is 2.90. The van der Waals surface area contributed by atoms with Crippen molar-refractivity contribution in [2.24, 2.45) is 17.8 Å². The zero-order chi connectivity index (χ0) is 16.3. The minimum absolute atomic E-state index is 0.150. The number of nitrogens with zero attached hydrogens (tertiary/aromatic N) is 1. The maximum Gasteiger partial charge on any atom is 0.390 e. The van der Waals surface area contributed by atoms with Crippen LogP contribution in [-0.4, -0.2) is 23.2 Å². The van der Waals surface area contributed by atoms with E-state index >= 15 is 0 Å². The van der Waals surface area contributed by atoms with Gasteiger partial charge in [-0.05, 0) is 47.9 Å². The standard InChI is InChI=1S/C22H20NO/c1-23(22(24)20-13-14-10-11-15(20)12-14)21-18-8-4-2-6-16(18)17-7-3-5-9-19(17)21/h2-11,14-15,20H,12-13H2,1H3/q+1. The van der Waals surface area contributed by atoms with E-state index < -0.39 is 0 Å². The van der Waals surface area contributed by atoms with Crippen LogP contribution in [0.1, 0.15) is 24.0 Å². The Balaban J connectivity index is 1.66. The molecule has 0 saturated heterocycles. The van der Waals surface area contributed by atoms with Crippen molar-refractivity contribution in [1.82, 2.24) is 0 Å². The molecule has 3 aliphatic carbocycles. The van der Waals surface area contributed by atoms with Crippen LogP contribution >= 0.6 is 0 Å². The van der Waals surface area contributed by atoms with Crippen LogP contribution in [0.15, 0.2) is 60.7 Å². The van der Waals surface area contributed by atoms with Crippen molar-refractivity contribution < 1.29 is 9.37 Å². The van der Waals surface area contributed by atoms with Crippen LogP contribution in [0.2, 0.25) is 0 Å². The second-order valence-electron chi connectivity index (χ2n) is 7.22. The topological polar surface area (TPSA) is 20.1 Å². The number of allylic oxidation sites excluding steroid dienone is 2. The number of fused-ring (bicyclic) bond motifs is 5. The molecular weight excluding hydrogens is 294 g/mol. The fraction of sp³-hybridized carbons (Fsp3) is 0.273. The summed E-state index contributed by atoms with van der Waals surface area (Å²) >= 11 is 0. The Morgan fingerprint density at radius 1 is 0.875 bits per heavy atom. The van der Waals surface area contributed by atoms with Gasteiger partial charge >= 0.3 is 5.91 Å². The lowest BCUT2D eigenvalue weighted by atomic mass is 9.92. The van der Waals surface area contributed by atoms with E-state index in [1.54, 1.807) is 0 Å². The van der Waals surface area contributed by atoms with Gasteiger partial charge in [-0.1, -0.05) is 48.6 Å². The predicted octanol–water partition coefficient (Wildman–Crippen LogP) is 3.89. The van der Waals surface area contributed by atoms with E-state index in [9.17, 15) is 4.79 Å². The quantitative estimate of drug-likeness (QED) is 0.493. The molecule has 0 radical (unpaired) electrons. The van der Waals surface area contributed by atoms with Crippen molar-refractivity contribution in [2.45, 2.75) is 12.8 Å². The highest BCUT2D eigenvalue weighted by Crippen LogP contribution is 2.44. The van der Waals surface area contributed by atoms with Gasteiger partial charge in [0.15, 0.2) is 0 Å². The molecule has 2 aromatic rings. The number of amides is 1. The first-order valence-corrected chi connectivity index (χ1v) is 8.76. The maximum absolute atomic E-state index is 13.2. The molecule has 3 unspecified atom stereocenters. The van der Waals surface area contributed by atoms with E-state index in [0.29, 0.717) is 11.8 Å². The normalized spacial score (nSPS) is 25.7. The number of carbonyl (C=O) groups excluding carboxylic acids is 1. The second-order valence-corrected chi connectivity index (χ2v) is 7.22. The molecule has 0 aliphatic heterocycles. The first-order chi connectivity index (χ1) is 11.7. The average Bonchev–Trinajstić information content (AvgIpc) is 3.33. The van der Waals surface area contributed by atoms with Crippen molar-refractivity contribution in [2.75, 3.05) is 7.05 Å². The molecule has 2 bridgehead atoms. The minimum atomic E-state index is 0.150. The Hall–Kier alpha value is -2.48. The lowest BCUT2D eigenvalue weighted by molar-refractivity contribution is -0.422. The van der Waals surface area contributed by atoms with Crippen LogP contribution in [0.4, 0.5) is 0 Å². The third-order valence-electron chi connectivity index (χ3n) is 5.92. The Morgan fingerprint density at radius 3 is 1.96 bits per heavy atom. The highest BCUT2D eigenvalue weighted by Gasteiger charge is 2.45. The van der Waals surface area contributed by atoms with Gasteiger partial charge in [-0.2, -0.15) is 4.58 Å². The molecule has 2 aromatic carbocycles. The minimum Gasteiger partial charge on any atom is -0.219 e. The molecule has 2 heteroatoms. The maximum atomic E-state index is 13.2. The van der Waals surface area contributed by atoms with Crippen LogP contribution in [0.3, 0.4) is 0 Å². The summed E-state index contributed by atoms with van der Waals surface area (Å²) in [5, 5.41) is 0. The zero-order valence-electron chi connectivity index (χ0n) is 13.8. The predicted molar refractivity (Wildman–Crippen MR) is 95.1 cm³/mol. The van der Waals surface area contributed by atoms with E-state index in [4.69, 9.17) is 0 Å². The Morgan fingerprint density at radius 2 is 1.46 bits per heavy atom. The zero-order valence-corrected chi connectivity index (χ0v) is 13.8. The molecule has 1 amide bonds. The van der Waals surface area contributed by atoms with Crippen LogP contribution in [-0.2, 0) is 4.79 Å². The van der Waals surface area contributed by atoms with E-state index in [0.717, 1.165) is 18.6 Å². The number of benzene rings is 2. The fourth-order valence-electron chi connectivity index (χ4n) is 4.78. The molecule has 118 valence electrons. The highest BCUT2D eigenvalue weighted by molar-refractivity contribution is 6.23. The van der Waals surface area contributed by atoms with E-state index in [1.165, 1.54) is 22.3 Å². The van der Waals surface area contributed by atoms with Crippen LogP contribution in [0.5, 0.6) is 0 Å². The summed E-state index contributed by atoms with van der Waals surface area (Å²) in [6.07, 6.45) is 6.72. The van der Waals surface area contributed by atoms with Crippen molar-refractivity contribution in [3.63, 3.8) is 0 Å². The molecule has 0 heterocycles. The fourth-order valence-corrected chi connectivity index (χ4v) is 4.78. The molecule has 1 saturated carbocycles. The molecule has 0 N–H and O–H groups in total. The smallest absolute Gasteiger partial charge is 0.219 e. The summed E-state index contributed by atoms with van der Waals surface area (Å²) in [5.41, 5.74) is 5.88. The number of carbonyl (C=O) groups is 1. The van der Waals surface area contributed by atoms with Gasteiger partial charge < -0.3 is 0 Å². The molecule has 3 atom stereocenters. The first-order valence-electron chi connectivity index (χ1n) is 8.76. The van der Waals surface area contributed by atoms with Gasteiger partial charge in [-0.3, -0.25) is 0 Å². The summed E-state index contributed by atoms with van der Waals surface area (Å²) < 4.78 is 1.92. The molecule has 0 spiro atoms. The molecule has 3 aliphatic rings. The SMILES string of the molecule is C[N+](C(=O)C1CC2C=CC1C2)=C1c2ccccc2-c2ccccc21. The first kappa shape index (κ1) is 13.9. The third-order valence-corrected chi connectivity index (χ3v) is 5.92. The Bertz CT molecular complexity index is 874. The second kappa shape index (κ2) is 5.01. The Labute approximate surface area is 142 Å². The van der Waals surface area contributed by atoms with Crippen LogP contribution < -0.4 is 0 Å². The molecular formula is C22H20NO+. The van der Waals surface area contributed by atoms with Crippen LogP contribution in [0.25, 0.3) is 11.1 Å². The van der Waals surface area contributed by atoms with Crippen molar-refractivity contribution in [3.8, 4) is 11.1 Å². The van der Waals surface area contributed by atoms with E-state index in [-0.39, 0.29) is 11.8 Å². The number of hydrogen-bond donors (Lipinski definition) is 0. The van der Waals surface area contributed by atoms with Gasteiger partial charge in [-0.25, -0.2) is 4.79 Å². The molecule has 5 rings (SSSR count). The number of hydrogen-bond acceptors (Lipinski definition) is 1. The molecule has 24 heavy (non-hydrogen) atoms. The van der Waals surface area contributed by atoms with Crippen LogP contribution in [0, 0.1) is 17.8 Å². The monoisotopic (exact) mass is 314 g/mol. The van der Waals surface area contributed by atoms with E-state index in [2.05, 4.69) is 60.7 Å². The largest absolute Gasteiger partial charge is 0.390 e. The lowest BCUT2D eigenvalue weighted by Crippen LogP contribution is -2.32. The van der Waals surface area contributed by atoms with Crippen molar-refractivity contribution in [3.05, 3.63) is 71.8 Å². The number of rotatable bonds is 1. The highest BCUT2D eigenvalue weighted by atomic mass is 16.2. The lowest BCUT2D eigenvalue weighted by Gasteiger charge is -2.13. The van der Waals surface area contributed by atoms with Crippen molar-refractivity contribution in [1.29, 1.82) is 0 Å². The van der Waals surface area contributed by atoms with Gasteiger partial charge in [0, 0.05) is 0 Å². The molecule has 1 fully saturated rings. The summed E-state index contributed by atoms with van der Waals surface area (Å²) in [4.78, 5) is 13.2. The molecule has 2 nitrogen and oxygen atoms in total. The van der Waals surface area contributed by atoms with Crippen molar-refractivity contribution >= 4 is 11.6 Å². The summed E-state index contributed by atoms with van der Waals surface area (Å²) in [5.74, 6) is 1.48. The van der Waals surface area contributed by atoms with Gasteiger partial charge in [-0.15, -0.1) is 0 Å². The average molecular weight is 314 g/mol. The third kappa shape index (κ3) is 1.83. The van der Waals surface area contributed by atoms with Gasteiger partial charge in [0.05, 0.1) is 17.0 Å². The van der Waals surface area contributed by atoms with Gasteiger partial charge in [0.2, 0.25) is 5.71 Å². The summed E-state index contributed by atoms with van der Waals surface area (Å²) in [6, 6.07) is 16.8. The van der Waals surface area contributed by atoms with Gasteiger partial charge in [0.1, 0.15) is 7.05 Å². The summed E-state index contributed by atoms with van der Waals surface area (Å²) in [6.45, 7) is 0. The molecule has 0 aromatic heterocycles. The van der Waals surface area contributed by atoms with Gasteiger partial charge in [0.25, 0.3) is 0 Å².